The molecule has 1 fully saturated rings. The molecule has 0 saturated carbocycles. The molecule has 4 rings (SSSR count). The van der Waals surface area contributed by atoms with E-state index in [0.29, 0.717) is 53.5 Å². The summed E-state index contributed by atoms with van der Waals surface area (Å²) >= 11 is 7.73. The van der Waals surface area contributed by atoms with Gasteiger partial charge in [-0.05, 0) is 42.8 Å². The number of methoxy groups -OCH3 is 2. The summed E-state index contributed by atoms with van der Waals surface area (Å²) in [5.74, 6) is 0.833. The Morgan fingerprint density at radius 1 is 1.13 bits per heavy atom. The Labute approximate surface area is 238 Å². The van der Waals surface area contributed by atoms with E-state index in [-0.39, 0.29) is 41.8 Å². The van der Waals surface area contributed by atoms with Crippen LogP contribution >= 0.6 is 35.3 Å². The smallest absolute Gasteiger partial charge is 0.228 e. The highest BCUT2D eigenvalue weighted by molar-refractivity contribution is 7.91. The lowest BCUT2D eigenvalue weighted by atomic mass is 10.3. The largest absolute Gasteiger partial charge is 0.497 e. The standard InChI is InChI=1S/C25H30ClN3O6S2.ClH/c1-33-18-5-7-19(8-6-18)37(31,32)17-3-4-22(30)29(12-11-28-13-15-35-16-14-28)25-27-23-21(34-2)10-9-20(26)24(23)36-25;/h5-10H,3-4,11-17H2,1-2H3;1H. The van der Waals surface area contributed by atoms with Crippen molar-refractivity contribution in [3.8, 4) is 11.5 Å². The molecule has 208 valence electrons. The number of hydrogen-bond donors (Lipinski definition) is 0. The van der Waals surface area contributed by atoms with Crippen molar-refractivity contribution in [2.75, 3.05) is 64.3 Å². The quantitative estimate of drug-likeness (QED) is 0.320. The van der Waals surface area contributed by atoms with Crippen LogP contribution < -0.4 is 14.4 Å². The third kappa shape index (κ3) is 7.28. The summed E-state index contributed by atoms with van der Waals surface area (Å²) in [6.07, 6.45) is 0.259. The molecule has 1 saturated heterocycles. The minimum absolute atomic E-state index is 0. The van der Waals surface area contributed by atoms with Crippen LogP contribution in [0.15, 0.2) is 41.3 Å². The van der Waals surface area contributed by atoms with Crippen molar-refractivity contribution in [2.45, 2.75) is 17.7 Å². The number of thiazole rings is 1. The third-order valence-corrected chi connectivity index (χ3v) is 9.52. The first kappa shape index (κ1) is 30.4. The van der Waals surface area contributed by atoms with Gasteiger partial charge < -0.3 is 14.2 Å². The summed E-state index contributed by atoms with van der Waals surface area (Å²) < 4.78 is 42.3. The van der Waals surface area contributed by atoms with E-state index in [9.17, 15) is 13.2 Å². The van der Waals surface area contributed by atoms with Crippen molar-refractivity contribution in [3.05, 3.63) is 41.4 Å². The van der Waals surface area contributed by atoms with Crippen LogP contribution in [0.1, 0.15) is 12.8 Å². The third-order valence-electron chi connectivity index (χ3n) is 6.16. The van der Waals surface area contributed by atoms with E-state index in [1.54, 1.807) is 36.3 Å². The number of nitrogens with zero attached hydrogens (tertiary/aromatic N) is 3. The molecular weight excluding hydrogens is 573 g/mol. The Kier molecular flexibility index (Phi) is 11.0. The molecule has 0 spiro atoms. The van der Waals surface area contributed by atoms with Gasteiger partial charge in [0.15, 0.2) is 15.0 Å². The molecule has 1 aliphatic rings. The van der Waals surface area contributed by atoms with Gasteiger partial charge in [0.25, 0.3) is 0 Å². The normalized spacial score (nSPS) is 14.2. The number of amides is 1. The van der Waals surface area contributed by atoms with E-state index >= 15 is 0 Å². The van der Waals surface area contributed by atoms with Crippen molar-refractivity contribution in [2.24, 2.45) is 0 Å². The van der Waals surface area contributed by atoms with Crippen molar-refractivity contribution < 1.29 is 27.4 Å². The van der Waals surface area contributed by atoms with E-state index in [0.717, 1.165) is 17.8 Å². The second-order valence-corrected chi connectivity index (χ2v) is 12.0. The summed E-state index contributed by atoms with van der Waals surface area (Å²) in [5, 5.41) is 1.04. The molecule has 0 N–H and O–H groups in total. The number of halogens is 2. The van der Waals surface area contributed by atoms with E-state index in [1.807, 2.05) is 0 Å². The summed E-state index contributed by atoms with van der Waals surface area (Å²) in [6, 6.07) is 9.74. The maximum absolute atomic E-state index is 13.4. The number of benzene rings is 2. The highest BCUT2D eigenvalue weighted by Crippen LogP contribution is 2.39. The molecule has 0 atom stereocenters. The minimum atomic E-state index is -3.53. The second kappa shape index (κ2) is 13.8. The molecule has 0 bridgehead atoms. The van der Waals surface area contributed by atoms with Gasteiger partial charge >= 0.3 is 0 Å². The molecule has 1 aliphatic heterocycles. The maximum Gasteiger partial charge on any atom is 0.228 e. The lowest BCUT2D eigenvalue weighted by Gasteiger charge is -2.29. The number of sulfone groups is 1. The molecule has 1 amide bonds. The van der Waals surface area contributed by atoms with Gasteiger partial charge in [0, 0.05) is 32.6 Å². The molecular formula is C25H31Cl2N3O6S2. The van der Waals surface area contributed by atoms with Crippen LogP contribution in [0.2, 0.25) is 5.02 Å². The molecule has 0 aliphatic carbocycles. The fraction of sp³-hybridized carbons (Fsp3) is 0.440. The first-order chi connectivity index (χ1) is 17.8. The van der Waals surface area contributed by atoms with E-state index < -0.39 is 9.84 Å². The Morgan fingerprint density at radius 3 is 2.50 bits per heavy atom. The summed E-state index contributed by atoms with van der Waals surface area (Å²) in [4.78, 5) is 22.2. The van der Waals surface area contributed by atoms with Crippen LogP contribution in [0, 0.1) is 0 Å². The number of carbonyl (C=O) groups excluding carboxylic acids is 1. The first-order valence-electron chi connectivity index (χ1n) is 11.9. The average molecular weight is 605 g/mol. The maximum atomic E-state index is 13.4. The Morgan fingerprint density at radius 2 is 1.84 bits per heavy atom. The first-order valence-corrected chi connectivity index (χ1v) is 14.8. The molecule has 3 aromatic rings. The topological polar surface area (TPSA) is 98.3 Å². The molecule has 9 nitrogen and oxygen atoms in total. The molecule has 13 heteroatoms. The predicted octanol–water partition coefficient (Wildman–Crippen LogP) is 4.31. The van der Waals surface area contributed by atoms with Crippen molar-refractivity contribution in [1.82, 2.24) is 9.88 Å². The SMILES string of the molecule is COc1ccc(S(=O)(=O)CCCC(=O)N(CCN2CCOCC2)c2nc3c(OC)ccc(Cl)c3s2)cc1.Cl. The van der Waals surface area contributed by atoms with Crippen LogP contribution in [0.3, 0.4) is 0 Å². The molecule has 1 aromatic heterocycles. The fourth-order valence-corrected chi connectivity index (χ4v) is 6.67. The fourth-order valence-electron chi connectivity index (χ4n) is 4.06. The highest BCUT2D eigenvalue weighted by atomic mass is 35.5. The molecule has 38 heavy (non-hydrogen) atoms. The van der Waals surface area contributed by atoms with E-state index in [2.05, 4.69) is 4.90 Å². The summed E-state index contributed by atoms with van der Waals surface area (Å²) in [7, 11) is -0.446. The van der Waals surface area contributed by atoms with Crippen molar-refractivity contribution >= 4 is 66.4 Å². The molecule has 2 heterocycles. The number of rotatable bonds is 11. The van der Waals surface area contributed by atoms with Gasteiger partial charge in [-0.25, -0.2) is 13.4 Å². The summed E-state index contributed by atoms with van der Waals surface area (Å²) in [5.41, 5.74) is 0.598. The number of morpholine rings is 1. The average Bonchev–Trinajstić information content (AvgIpc) is 3.35. The highest BCUT2D eigenvalue weighted by Gasteiger charge is 2.24. The number of fused-ring (bicyclic) bond motifs is 1. The minimum Gasteiger partial charge on any atom is -0.497 e. The van der Waals surface area contributed by atoms with Gasteiger partial charge in [-0.3, -0.25) is 14.6 Å². The van der Waals surface area contributed by atoms with Crippen LogP contribution in [-0.2, 0) is 19.4 Å². The molecule has 0 radical (unpaired) electrons. The number of carbonyl (C=O) groups is 1. The van der Waals surface area contributed by atoms with E-state index in [4.69, 9.17) is 30.8 Å². The van der Waals surface area contributed by atoms with Gasteiger partial charge in [-0.1, -0.05) is 22.9 Å². The zero-order chi connectivity index (χ0) is 26.4. The van der Waals surface area contributed by atoms with Crippen molar-refractivity contribution in [3.63, 3.8) is 0 Å². The summed E-state index contributed by atoms with van der Waals surface area (Å²) in [6.45, 7) is 3.98. The van der Waals surface area contributed by atoms with Crippen LogP contribution in [-0.4, -0.2) is 83.6 Å². The number of ether oxygens (including phenoxy) is 3. The van der Waals surface area contributed by atoms with Gasteiger partial charge in [0.05, 0.1) is 47.8 Å². The Hall–Kier alpha value is -2.15. The monoisotopic (exact) mass is 603 g/mol. The molecule has 2 aromatic carbocycles. The van der Waals surface area contributed by atoms with Gasteiger partial charge in [-0.15, -0.1) is 12.4 Å². The number of anilines is 1. The van der Waals surface area contributed by atoms with Crippen LogP contribution in [0.25, 0.3) is 10.2 Å². The van der Waals surface area contributed by atoms with Gasteiger partial charge in [0.2, 0.25) is 5.91 Å². The van der Waals surface area contributed by atoms with Crippen LogP contribution in [0.4, 0.5) is 5.13 Å². The van der Waals surface area contributed by atoms with Gasteiger partial charge in [-0.2, -0.15) is 0 Å². The Balaban J connectivity index is 0.00000400. The number of hydrogen-bond acceptors (Lipinski definition) is 9. The zero-order valence-electron chi connectivity index (χ0n) is 21.2. The Bertz CT molecular complexity index is 1330. The zero-order valence-corrected chi connectivity index (χ0v) is 24.4. The van der Waals surface area contributed by atoms with Crippen molar-refractivity contribution in [1.29, 1.82) is 0 Å². The van der Waals surface area contributed by atoms with E-state index in [1.165, 1.54) is 30.6 Å². The number of aromatic nitrogens is 1. The predicted molar refractivity (Wildman–Crippen MR) is 152 cm³/mol. The lowest BCUT2D eigenvalue weighted by Crippen LogP contribution is -2.43. The molecule has 0 unspecified atom stereocenters. The van der Waals surface area contributed by atoms with Gasteiger partial charge in [0.1, 0.15) is 17.0 Å². The van der Waals surface area contributed by atoms with Crippen LogP contribution in [0.5, 0.6) is 11.5 Å². The lowest BCUT2D eigenvalue weighted by molar-refractivity contribution is -0.118. The second-order valence-electron chi connectivity index (χ2n) is 8.52.